The molecular formula is C25H24N6OS. The second-order valence-corrected chi connectivity index (χ2v) is 9.06. The van der Waals surface area contributed by atoms with Gasteiger partial charge in [0, 0.05) is 28.0 Å². The number of carbonyl (C=O) groups is 1. The SMILES string of the molecule is Cc1cc(C)n(Cc2cccc(NC(=O)Cn3nc(C)c4c(-c5cccs5)ccnc43)c2)n1. The Kier molecular flexibility index (Phi) is 5.51. The highest BCUT2D eigenvalue weighted by molar-refractivity contribution is 7.13. The first-order valence-electron chi connectivity index (χ1n) is 10.7. The van der Waals surface area contributed by atoms with E-state index in [1.54, 1.807) is 22.2 Å². The lowest BCUT2D eigenvalue weighted by atomic mass is 10.1. The normalized spacial score (nSPS) is 11.2. The Morgan fingerprint density at radius 2 is 1.91 bits per heavy atom. The summed E-state index contributed by atoms with van der Waals surface area (Å²) in [7, 11) is 0. The quantitative estimate of drug-likeness (QED) is 0.391. The molecule has 8 heteroatoms. The van der Waals surface area contributed by atoms with E-state index >= 15 is 0 Å². The lowest BCUT2D eigenvalue weighted by molar-refractivity contribution is -0.116. The molecule has 4 heterocycles. The highest BCUT2D eigenvalue weighted by atomic mass is 32.1. The molecule has 33 heavy (non-hydrogen) atoms. The topological polar surface area (TPSA) is 77.6 Å². The molecule has 0 saturated carbocycles. The van der Waals surface area contributed by atoms with Gasteiger partial charge >= 0.3 is 0 Å². The average molecular weight is 457 g/mol. The molecule has 0 unspecified atom stereocenters. The van der Waals surface area contributed by atoms with Crippen molar-refractivity contribution in [3.63, 3.8) is 0 Å². The van der Waals surface area contributed by atoms with Gasteiger partial charge in [0.05, 0.1) is 23.3 Å². The Bertz CT molecular complexity index is 1450. The Morgan fingerprint density at radius 3 is 2.67 bits per heavy atom. The van der Waals surface area contributed by atoms with Gasteiger partial charge in [-0.15, -0.1) is 11.3 Å². The van der Waals surface area contributed by atoms with Gasteiger partial charge < -0.3 is 5.32 Å². The van der Waals surface area contributed by atoms with Crippen molar-refractivity contribution in [2.24, 2.45) is 0 Å². The maximum absolute atomic E-state index is 12.9. The summed E-state index contributed by atoms with van der Waals surface area (Å²) in [6.45, 7) is 6.73. The molecule has 1 amide bonds. The van der Waals surface area contributed by atoms with Crippen LogP contribution in [-0.4, -0.2) is 30.5 Å². The van der Waals surface area contributed by atoms with Crippen molar-refractivity contribution in [3.05, 3.63) is 82.8 Å². The van der Waals surface area contributed by atoms with Crippen LogP contribution in [0.15, 0.2) is 60.1 Å². The molecule has 1 aromatic carbocycles. The fraction of sp³-hybridized carbons (Fsp3) is 0.200. The summed E-state index contributed by atoms with van der Waals surface area (Å²) in [5.41, 5.74) is 6.59. The minimum Gasteiger partial charge on any atom is -0.324 e. The Hall–Kier alpha value is -3.78. The van der Waals surface area contributed by atoms with Crippen molar-refractivity contribution >= 4 is 34.0 Å². The number of rotatable bonds is 6. The van der Waals surface area contributed by atoms with Crippen molar-refractivity contribution in [3.8, 4) is 10.4 Å². The van der Waals surface area contributed by atoms with Crippen LogP contribution in [0.1, 0.15) is 22.6 Å². The fourth-order valence-electron chi connectivity index (χ4n) is 4.12. The van der Waals surface area contributed by atoms with Crippen molar-refractivity contribution in [1.82, 2.24) is 24.5 Å². The molecule has 0 spiro atoms. The lowest BCUT2D eigenvalue weighted by Crippen LogP contribution is -2.20. The predicted octanol–water partition coefficient (Wildman–Crippen LogP) is 4.97. The maximum Gasteiger partial charge on any atom is 0.246 e. The van der Waals surface area contributed by atoms with Gasteiger partial charge in [0.1, 0.15) is 6.54 Å². The first kappa shape index (κ1) is 21.1. The van der Waals surface area contributed by atoms with E-state index < -0.39 is 0 Å². The van der Waals surface area contributed by atoms with Crippen molar-refractivity contribution in [2.75, 3.05) is 5.32 Å². The molecule has 5 rings (SSSR count). The molecule has 1 N–H and O–H groups in total. The van der Waals surface area contributed by atoms with Gasteiger partial charge in [-0.2, -0.15) is 10.2 Å². The van der Waals surface area contributed by atoms with Gasteiger partial charge in [-0.25, -0.2) is 9.67 Å². The standard InChI is InChI=1S/C25H24N6OS/c1-16-12-17(2)30(28-16)14-19-6-4-7-20(13-19)27-23(32)15-31-25-24(18(3)29-31)21(9-10-26-25)22-8-5-11-33-22/h4-13H,14-15H2,1-3H3,(H,27,32). The van der Waals surface area contributed by atoms with Crippen LogP contribution >= 0.6 is 11.3 Å². The van der Waals surface area contributed by atoms with E-state index in [0.717, 1.165) is 44.2 Å². The monoisotopic (exact) mass is 456 g/mol. The molecule has 0 aliphatic heterocycles. The summed E-state index contributed by atoms with van der Waals surface area (Å²) >= 11 is 1.68. The van der Waals surface area contributed by atoms with Crippen LogP contribution in [0, 0.1) is 20.8 Å². The van der Waals surface area contributed by atoms with Gasteiger partial charge in [-0.1, -0.05) is 18.2 Å². The first-order valence-corrected chi connectivity index (χ1v) is 11.6. The summed E-state index contributed by atoms with van der Waals surface area (Å²) in [6, 6.07) is 16.0. The van der Waals surface area contributed by atoms with Crippen molar-refractivity contribution in [1.29, 1.82) is 0 Å². The maximum atomic E-state index is 12.9. The van der Waals surface area contributed by atoms with Crippen molar-refractivity contribution < 1.29 is 4.79 Å². The van der Waals surface area contributed by atoms with Crippen LogP contribution in [0.2, 0.25) is 0 Å². The lowest BCUT2D eigenvalue weighted by Gasteiger charge is -2.09. The molecule has 5 aromatic rings. The molecule has 0 radical (unpaired) electrons. The molecular weight excluding hydrogens is 432 g/mol. The minimum atomic E-state index is -0.147. The minimum absolute atomic E-state index is 0.0902. The Morgan fingerprint density at radius 1 is 1.03 bits per heavy atom. The molecule has 0 fully saturated rings. The summed E-state index contributed by atoms with van der Waals surface area (Å²) in [5, 5.41) is 15.2. The van der Waals surface area contributed by atoms with Crippen molar-refractivity contribution in [2.45, 2.75) is 33.9 Å². The molecule has 0 saturated heterocycles. The van der Waals surface area contributed by atoms with Gasteiger partial charge in [-0.05, 0) is 62.0 Å². The summed E-state index contributed by atoms with van der Waals surface area (Å²) in [5.74, 6) is -0.147. The second kappa shape index (κ2) is 8.63. The third kappa shape index (κ3) is 4.29. The van der Waals surface area contributed by atoms with E-state index in [-0.39, 0.29) is 12.5 Å². The number of hydrogen-bond donors (Lipinski definition) is 1. The van der Waals surface area contributed by atoms with Gasteiger partial charge in [0.15, 0.2) is 5.65 Å². The zero-order valence-electron chi connectivity index (χ0n) is 18.7. The number of hydrogen-bond acceptors (Lipinski definition) is 5. The Balaban J connectivity index is 1.35. The average Bonchev–Trinajstić information content (AvgIpc) is 3.49. The molecule has 0 aliphatic rings. The third-order valence-corrected chi connectivity index (χ3v) is 6.44. The number of fused-ring (bicyclic) bond motifs is 1. The highest BCUT2D eigenvalue weighted by Crippen LogP contribution is 2.32. The van der Waals surface area contributed by atoms with E-state index in [2.05, 4.69) is 38.0 Å². The van der Waals surface area contributed by atoms with E-state index in [9.17, 15) is 4.79 Å². The van der Waals surface area contributed by atoms with Crippen LogP contribution in [0.5, 0.6) is 0 Å². The predicted molar refractivity (Wildman–Crippen MR) is 131 cm³/mol. The largest absolute Gasteiger partial charge is 0.324 e. The highest BCUT2D eigenvalue weighted by Gasteiger charge is 2.16. The number of pyridine rings is 1. The van der Waals surface area contributed by atoms with Gasteiger partial charge in [-0.3, -0.25) is 9.48 Å². The van der Waals surface area contributed by atoms with E-state index in [4.69, 9.17) is 0 Å². The van der Waals surface area contributed by atoms with Gasteiger partial charge in [0.2, 0.25) is 5.91 Å². The number of aryl methyl sites for hydroxylation is 3. The van der Waals surface area contributed by atoms with Crippen LogP contribution in [-0.2, 0) is 17.9 Å². The fourth-order valence-corrected chi connectivity index (χ4v) is 4.88. The second-order valence-electron chi connectivity index (χ2n) is 8.11. The molecule has 166 valence electrons. The number of thiophene rings is 1. The number of carbonyl (C=O) groups excluding carboxylic acids is 1. The smallest absolute Gasteiger partial charge is 0.246 e. The van der Waals surface area contributed by atoms with E-state index in [0.29, 0.717) is 12.2 Å². The summed E-state index contributed by atoms with van der Waals surface area (Å²) < 4.78 is 3.64. The first-order chi connectivity index (χ1) is 16.0. The van der Waals surface area contributed by atoms with E-state index in [1.165, 1.54) is 0 Å². The van der Waals surface area contributed by atoms with Crippen LogP contribution in [0.25, 0.3) is 21.5 Å². The molecule has 7 nitrogen and oxygen atoms in total. The number of nitrogens with zero attached hydrogens (tertiary/aromatic N) is 5. The molecule has 4 aromatic heterocycles. The van der Waals surface area contributed by atoms with Crippen LogP contribution < -0.4 is 5.32 Å². The third-order valence-electron chi connectivity index (χ3n) is 5.53. The number of amides is 1. The van der Waals surface area contributed by atoms with Gasteiger partial charge in [0.25, 0.3) is 0 Å². The molecule has 0 atom stereocenters. The molecule has 0 aliphatic carbocycles. The number of benzene rings is 1. The molecule has 0 bridgehead atoms. The summed E-state index contributed by atoms with van der Waals surface area (Å²) in [4.78, 5) is 18.5. The zero-order valence-corrected chi connectivity index (χ0v) is 19.6. The summed E-state index contributed by atoms with van der Waals surface area (Å²) in [6.07, 6.45) is 1.77. The number of nitrogens with one attached hydrogen (secondary N) is 1. The van der Waals surface area contributed by atoms with Crippen LogP contribution in [0.4, 0.5) is 5.69 Å². The number of aromatic nitrogens is 5. The zero-order chi connectivity index (χ0) is 22.9. The number of anilines is 1. The Labute approximate surface area is 195 Å². The van der Waals surface area contributed by atoms with E-state index in [1.807, 2.05) is 61.9 Å². The van der Waals surface area contributed by atoms with Crippen LogP contribution in [0.3, 0.4) is 0 Å².